The minimum absolute atomic E-state index is 0.364. The highest BCUT2D eigenvalue weighted by atomic mass is 35.5. The Hall–Kier alpha value is -0.830. The summed E-state index contributed by atoms with van der Waals surface area (Å²) in [6.07, 6.45) is 8.56. The molecule has 1 aromatic rings. The van der Waals surface area contributed by atoms with Crippen LogP contribution in [0.4, 0.5) is 5.82 Å². The Kier molecular flexibility index (Phi) is 4.16. The van der Waals surface area contributed by atoms with Gasteiger partial charge in [-0.3, -0.25) is 0 Å². The molecule has 3 rings (SSSR count). The van der Waals surface area contributed by atoms with Gasteiger partial charge in [-0.1, -0.05) is 44.7 Å². The van der Waals surface area contributed by atoms with Gasteiger partial charge in [-0.2, -0.15) is 0 Å². The second-order valence-corrected chi connectivity index (χ2v) is 6.95. The number of aromatic nitrogens is 2. The first kappa shape index (κ1) is 14.1. The lowest BCUT2D eigenvalue weighted by molar-refractivity contribution is 0.202. The Bertz CT molecular complexity index is 475. The summed E-state index contributed by atoms with van der Waals surface area (Å²) in [7, 11) is 0. The van der Waals surface area contributed by atoms with Crippen LogP contribution in [0, 0.1) is 11.8 Å². The van der Waals surface area contributed by atoms with Crippen LogP contribution in [0.3, 0.4) is 0 Å². The number of fused-ring (bicyclic) bond motifs is 1. The predicted octanol–water partition coefficient (Wildman–Crippen LogP) is 4.27. The molecule has 0 N–H and O–H groups in total. The van der Waals surface area contributed by atoms with Crippen molar-refractivity contribution >= 4 is 17.4 Å². The van der Waals surface area contributed by atoms with Gasteiger partial charge >= 0.3 is 0 Å². The molecule has 0 spiro atoms. The van der Waals surface area contributed by atoms with Crippen LogP contribution in [-0.2, 0) is 0 Å². The molecule has 2 heterocycles. The molecule has 2 aliphatic rings. The lowest BCUT2D eigenvalue weighted by Gasteiger charge is -2.42. The first-order chi connectivity index (χ1) is 9.66. The monoisotopic (exact) mass is 293 g/mol. The Morgan fingerprint density at radius 2 is 1.90 bits per heavy atom. The van der Waals surface area contributed by atoms with Crippen LogP contribution >= 0.6 is 11.6 Å². The van der Waals surface area contributed by atoms with Crippen LogP contribution in [0.1, 0.15) is 57.4 Å². The molecule has 1 saturated carbocycles. The molecule has 2 fully saturated rings. The van der Waals surface area contributed by atoms with Crippen molar-refractivity contribution in [3.8, 4) is 0 Å². The van der Waals surface area contributed by atoms with Gasteiger partial charge in [0.15, 0.2) is 0 Å². The standard InChI is InChI=1S/C16H24ClN3/c1-11(2)14-15(17)18-10-19-16(14)20-8-7-12-5-3-4-6-13(12)9-20/h10-13H,3-9H2,1-2H3. The van der Waals surface area contributed by atoms with Crippen molar-refractivity contribution in [2.45, 2.75) is 51.9 Å². The van der Waals surface area contributed by atoms with E-state index in [2.05, 4.69) is 28.7 Å². The number of nitrogens with zero attached hydrogens (tertiary/aromatic N) is 3. The van der Waals surface area contributed by atoms with E-state index in [-0.39, 0.29) is 0 Å². The number of hydrogen-bond acceptors (Lipinski definition) is 3. The quantitative estimate of drug-likeness (QED) is 0.763. The summed E-state index contributed by atoms with van der Waals surface area (Å²) in [5.74, 6) is 3.23. The molecule has 20 heavy (non-hydrogen) atoms. The highest BCUT2D eigenvalue weighted by Crippen LogP contribution is 2.39. The molecule has 0 radical (unpaired) electrons. The van der Waals surface area contributed by atoms with Crippen LogP contribution in [0.5, 0.6) is 0 Å². The van der Waals surface area contributed by atoms with Crippen molar-refractivity contribution in [3.05, 3.63) is 17.0 Å². The molecule has 2 unspecified atom stereocenters. The zero-order chi connectivity index (χ0) is 14.1. The van der Waals surface area contributed by atoms with Gasteiger partial charge in [-0.25, -0.2) is 9.97 Å². The van der Waals surface area contributed by atoms with Gasteiger partial charge in [-0.15, -0.1) is 0 Å². The zero-order valence-electron chi connectivity index (χ0n) is 12.5. The summed E-state index contributed by atoms with van der Waals surface area (Å²) in [6.45, 7) is 6.61. The maximum absolute atomic E-state index is 6.30. The Morgan fingerprint density at radius 3 is 2.65 bits per heavy atom. The molecule has 0 bridgehead atoms. The SMILES string of the molecule is CC(C)c1c(Cl)ncnc1N1CCC2CCCCC2C1. The number of rotatable bonds is 2. The van der Waals surface area contributed by atoms with E-state index in [1.54, 1.807) is 6.33 Å². The van der Waals surface area contributed by atoms with Crippen LogP contribution in [-0.4, -0.2) is 23.1 Å². The van der Waals surface area contributed by atoms with E-state index in [1.807, 2.05) is 0 Å². The Balaban J connectivity index is 1.84. The van der Waals surface area contributed by atoms with E-state index in [1.165, 1.54) is 32.1 Å². The summed E-state index contributed by atoms with van der Waals surface area (Å²) in [6, 6.07) is 0. The van der Waals surface area contributed by atoms with Crippen molar-refractivity contribution in [1.29, 1.82) is 0 Å². The van der Waals surface area contributed by atoms with Crippen LogP contribution < -0.4 is 4.90 Å². The maximum atomic E-state index is 6.30. The summed E-state index contributed by atoms with van der Waals surface area (Å²) in [5, 5.41) is 0.621. The molecule has 1 aromatic heterocycles. The third-order valence-corrected chi connectivity index (χ3v) is 5.28. The molecular weight excluding hydrogens is 270 g/mol. The summed E-state index contributed by atoms with van der Waals surface area (Å²) in [4.78, 5) is 11.2. The van der Waals surface area contributed by atoms with Crippen LogP contribution in [0.2, 0.25) is 5.15 Å². The second kappa shape index (κ2) is 5.88. The van der Waals surface area contributed by atoms with E-state index >= 15 is 0 Å². The second-order valence-electron chi connectivity index (χ2n) is 6.60. The fourth-order valence-electron chi connectivity index (χ4n) is 3.91. The normalized spacial score (nSPS) is 26.7. The fraction of sp³-hybridized carbons (Fsp3) is 0.750. The van der Waals surface area contributed by atoms with Crippen molar-refractivity contribution in [2.75, 3.05) is 18.0 Å². The lowest BCUT2D eigenvalue weighted by atomic mass is 9.75. The fourth-order valence-corrected chi connectivity index (χ4v) is 4.25. The summed E-state index contributed by atoms with van der Waals surface area (Å²) in [5.41, 5.74) is 1.11. The molecule has 2 atom stereocenters. The minimum atomic E-state index is 0.364. The van der Waals surface area contributed by atoms with Gasteiger partial charge in [0.25, 0.3) is 0 Å². The van der Waals surface area contributed by atoms with E-state index < -0.39 is 0 Å². The van der Waals surface area contributed by atoms with Crippen molar-refractivity contribution < 1.29 is 0 Å². The molecule has 0 amide bonds. The van der Waals surface area contributed by atoms with Crippen molar-refractivity contribution in [3.63, 3.8) is 0 Å². The number of anilines is 1. The van der Waals surface area contributed by atoms with E-state index in [4.69, 9.17) is 11.6 Å². The zero-order valence-corrected chi connectivity index (χ0v) is 13.2. The molecule has 110 valence electrons. The smallest absolute Gasteiger partial charge is 0.138 e. The van der Waals surface area contributed by atoms with Crippen LogP contribution in [0.15, 0.2) is 6.33 Å². The van der Waals surface area contributed by atoms with E-state index in [0.29, 0.717) is 11.1 Å². The third-order valence-electron chi connectivity index (χ3n) is 4.98. The van der Waals surface area contributed by atoms with Gasteiger partial charge in [0.1, 0.15) is 17.3 Å². The van der Waals surface area contributed by atoms with Crippen LogP contribution in [0.25, 0.3) is 0 Å². The first-order valence-electron chi connectivity index (χ1n) is 7.92. The molecule has 1 saturated heterocycles. The van der Waals surface area contributed by atoms with Gasteiger partial charge in [0.05, 0.1) is 0 Å². The maximum Gasteiger partial charge on any atom is 0.138 e. The lowest BCUT2D eigenvalue weighted by Crippen LogP contribution is -2.42. The molecule has 1 aliphatic heterocycles. The first-order valence-corrected chi connectivity index (χ1v) is 8.30. The summed E-state index contributed by atoms with van der Waals surface area (Å²) >= 11 is 6.30. The summed E-state index contributed by atoms with van der Waals surface area (Å²) < 4.78 is 0. The van der Waals surface area contributed by atoms with Gasteiger partial charge in [0.2, 0.25) is 0 Å². The predicted molar refractivity (Wildman–Crippen MR) is 83.4 cm³/mol. The van der Waals surface area contributed by atoms with Gasteiger partial charge in [0, 0.05) is 18.7 Å². The minimum Gasteiger partial charge on any atom is -0.356 e. The highest BCUT2D eigenvalue weighted by molar-refractivity contribution is 6.30. The Morgan fingerprint density at radius 1 is 1.15 bits per heavy atom. The van der Waals surface area contributed by atoms with Gasteiger partial charge < -0.3 is 4.90 Å². The number of piperidine rings is 1. The third kappa shape index (κ3) is 2.65. The van der Waals surface area contributed by atoms with Crippen molar-refractivity contribution in [1.82, 2.24) is 9.97 Å². The molecule has 3 nitrogen and oxygen atoms in total. The largest absolute Gasteiger partial charge is 0.356 e. The van der Waals surface area contributed by atoms with E-state index in [0.717, 1.165) is 36.3 Å². The number of hydrogen-bond donors (Lipinski definition) is 0. The Labute approximate surface area is 126 Å². The highest BCUT2D eigenvalue weighted by Gasteiger charge is 2.32. The molecule has 0 aromatic carbocycles. The average Bonchev–Trinajstić information content (AvgIpc) is 2.46. The molecule has 4 heteroatoms. The topological polar surface area (TPSA) is 29.0 Å². The number of halogens is 1. The van der Waals surface area contributed by atoms with Crippen molar-refractivity contribution in [2.24, 2.45) is 11.8 Å². The molecular formula is C16H24ClN3. The van der Waals surface area contributed by atoms with Gasteiger partial charge in [-0.05, 0) is 30.6 Å². The van der Waals surface area contributed by atoms with E-state index in [9.17, 15) is 0 Å². The molecule has 1 aliphatic carbocycles. The average molecular weight is 294 g/mol.